The van der Waals surface area contributed by atoms with Gasteiger partial charge in [0.25, 0.3) is 5.91 Å². The number of carbonyl (C=O) groups is 1. The number of halogens is 1. The molecule has 0 bridgehead atoms. The molecule has 3 aromatic rings. The molecule has 3 rings (SSSR count). The summed E-state index contributed by atoms with van der Waals surface area (Å²) >= 11 is 6.19. The van der Waals surface area contributed by atoms with Gasteiger partial charge < -0.3 is 5.32 Å². The Morgan fingerprint density at radius 1 is 1.09 bits per heavy atom. The van der Waals surface area contributed by atoms with Crippen molar-refractivity contribution >= 4 is 17.5 Å². The summed E-state index contributed by atoms with van der Waals surface area (Å²) in [5, 5.41) is 7.81. The summed E-state index contributed by atoms with van der Waals surface area (Å²) in [5.41, 5.74) is 2.90. The molecule has 1 heterocycles. The number of hydrogen-bond acceptors (Lipinski definition) is 2. The van der Waals surface area contributed by atoms with Crippen molar-refractivity contribution in [1.29, 1.82) is 0 Å². The normalized spacial score (nSPS) is 10.5. The van der Waals surface area contributed by atoms with Gasteiger partial charge in [0.2, 0.25) is 0 Å². The molecule has 0 aliphatic carbocycles. The maximum Gasteiger partial charge on any atom is 0.251 e. The highest BCUT2D eigenvalue weighted by Gasteiger charge is 2.13. The third-order valence-corrected chi connectivity index (χ3v) is 3.68. The standard InChI is InChI=1S/C17H14ClN3O/c1-19-17(22)13-7-3-2-6-12(13)15-10-11-21(20-15)16-9-5-4-8-14(16)18/h2-11H,1H3,(H,19,22). The van der Waals surface area contributed by atoms with Gasteiger partial charge in [-0.25, -0.2) is 4.68 Å². The second-order valence-electron chi connectivity index (χ2n) is 4.72. The molecule has 0 fully saturated rings. The number of carbonyl (C=O) groups excluding carboxylic acids is 1. The van der Waals surface area contributed by atoms with E-state index in [1.54, 1.807) is 17.8 Å². The molecule has 22 heavy (non-hydrogen) atoms. The zero-order chi connectivity index (χ0) is 15.5. The van der Waals surface area contributed by atoms with E-state index in [4.69, 9.17) is 11.6 Å². The van der Waals surface area contributed by atoms with Crippen molar-refractivity contribution in [3.05, 3.63) is 71.4 Å². The van der Waals surface area contributed by atoms with Crippen LogP contribution in [-0.2, 0) is 0 Å². The van der Waals surface area contributed by atoms with Gasteiger partial charge in [-0.3, -0.25) is 4.79 Å². The first-order valence-electron chi connectivity index (χ1n) is 6.83. The molecule has 0 atom stereocenters. The van der Waals surface area contributed by atoms with Crippen molar-refractivity contribution in [3.63, 3.8) is 0 Å². The third-order valence-electron chi connectivity index (χ3n) is 3.36. The number of hydrogen-bond donors (Lipinski definition) is 1. The summed E-state index contributed by atoms with van der Waals surface area (Å²) in [4.78, 5) is 12.0. The van der Waals surface area contributed by atoms with Gasteiger partial charge in [-0.05, 0) is 24.3 Å². The zero-order valence-electron chi connectivity index (χ0n) is 12.0. The minimum absolute atomic E-state index is 0.136. The fourth-order valence-electron chi connectivity index (χ4n) is 2.28. The van der Waals surface area contributed by atoms with Crippen LogP contribution in [-0.4, -0.2) is 22.7 Å². The first-order chi connectivity index (χ1) is 10.7. The summed E-state index contributed by atoms with van der Waals surface area (Å²) in [6, 6.07) is 16.7. The lowest BCUT2D eigenvalue weighted by Gasteiger charge is -2.06. The van der Waals surface area contributed by atoms with Gasteiger partial charge >= 0.3 is 0 Å². The average Bonchev–Trinajstić information content (AvgIpc) is 3.04. The predicted molar refractivity (Wildman–Crippen MR) is 87.4 cm³/mol. The van der Waals surface area contributed by atoms with Gasteiger partial charge in [-0.1, -0.05) is 41.9 Å². The quantitative estimate of drug-likeness (QED) is 0.804. The molecular formula is C17H14ClN3O. The number of para-hydroxylation sites is 1. The Labute approximate surface area is 133 Å². The van der Waals surface area contributed by atoms with Gasteiger partial charge in [0.15, 0.2) is 0 Å². The predicted octanol–water partition coefficient (Wildman–Crippen LogP) is 3.55. The summed E-state index contributed by atoms with van der Waals surface area (Å²) in [7, 11) is 1.61. The van der Waals surface area contributed by atoms with E-state index >= 15 is 0 Å². The van der Waals surface area contributed by atoms with Crippen LogP contribution in [0, 0.1) is 0 Å². The molecule has 1 aromatic heterocycles. The van der Waals surface area contributed by atoms with E-state index in [2.05, 4.69) is 10.4 Å². The van der Waals surface area contributed by atoms with E-state index in [9.17, 15) is 4.79 Å². The lowest BCUT2D eigenvalue weighted by molar-refractivity contribution is 0.0963. The maximum atomic E-state index is 12.0. The Kier molecular flexibility index (Phi) is 3.94. The number of aromatic nitrogens is 2. The largest absolute Gasteiger partial charge is 0.355 e. The number of amides is 1. The highest BCUT2D eigenvalue weighted by Crippen LogP contribution is 2.25. The van der Waals surface area contributed by atoms with Gasteiger partial charge in [-0.2, -0.15) is 5.10 Å². The van der Waals surface area contributed by atoms with Crippen molar-refractivity contribution in [1.82, 2.24) is 15.1 Å². The zero-order valence-corrected chi connectivity index (χ0v) is 12.7. The van der Waals surface area contributed by atoms with E-state index in [1.165, 1.54) is 0 Å². The van der Waals surface area contributed by atoms with Gasteiger partial charge in [0.1, 0.15) is 0 Å². The molecule has 0 aliphatic rings. The second kappa shape index (κ2) is 6.03. The second-order valence-corrected chi connectivity index (χ2v) is 5.13. The van der Waals surface area contributed by atoms with Crippen LogP contribution in [0.1, 0.15) is 10.4 Å². The summed E-state index contributed by atoms with van der Waals surface area (Å²) in [5.74, 6) is -0.136. The van der Waals surface area contributed by atoms with Crippen LogP contribution in [0.25, 0.3) is 16.9 Å². The van der Waals surface area contributed by atoms with E-state index in [0.29, 0.717) is 10.6 Å². The summed E-state index contributed by atoms with van der Waals surface area (Å²) in [6.07, 6.45) is 1.83. The smallest absolute Gasteiger partial charge is 0.251 e. The Bertz CT molecular complexity index is 826. The van der Waals surface area contributed by atoms with Crippen LogP contribution in [0.4, 0.5) is 0 Å². The van der Waals surface area contributed by atoms with Crippen LogP contribution < -0.4 is 5.32 Å². The van der Waals surface area contributed by atoms with Crippen molar-refractivity contribution in [3.8, 4) is 16.9 Å². The topological polar surface area (TPSA) is 46.9 Å². The Morgan fingerprint density at radius 2 is 1.82 bits per heavy atom. The Morgan fingerprint density at radius 3 is 2.59 bits per heavy atom. The van der Waals surface area contributed by atoms with Crippen LogP contribution in [0.5, 0.6) is 0 Å². The Hall–Kier alpha value is -2.59. The van der Waals surface area contributed by atoms with Crippen LogP contribution in [0.3, 0.4) is 0 Å². The minimum Gasteiger partial charge on any atom is -0.355 e. The molecule has 0 saturated heterocycles. The van der Waals surface area contributed by atoms with Crippen LogP contribution in [0.15, 0.2) is 60.8 Å². The summed E-state index contributed by atoms with van der Waals surface area (Å²) in [6.45, 7) is 0. The molecule has 1 N–H and O–H groups in total. The number of nitrogens with one attached hydrogen (secondary N) is 1. The van der Waals surface area contributed by atoms with Crippen LogP contribution in [0.2, 0.25) is 5.02 Å². The van der Waals surface area contributed by atoms with E-state index < -0.39 is 0 Å². The highest BCUT2D eigenvalue weighted by molar-refractivity contribution is 6.32. The van der Waals surface area contributed by atoms with Gasteiger partial charge in [0.05, 0.1) is 16.4 Å². The van der Waals surface area contributed by atoms with Crippen molar-refractivity contribution < 1.29 is 4.79 Å². The summed E-state index contributed by atoms with van der Waals surface area (Å²) < 4.78 is 1.71. The Balaban J connectivity index is 2.06. The molecule has 0 saturated carbocycles. The minimum atomic E-state index is -0.136. The van der Waals surface area contributed by atoms with E-state index in [1.807, 2.05) is 54.7 Å². The molecule has 4 nitrogen and oxygen atoms in total. The van der Waals surface area contributed by atoms with E-state index in [-0.39, 0.29) is 5.91 Å². The SMILES string of the molecule is CNC(=O)c1ccccc1-c1ccn(-c2ccccc2Cl)n1. The molecule has 2 aromatic carbocycles. The fourth-order valence-corrected chi connectivity index (χ4v) is 2.50. The first kappa shape index (κ1) is 14.4. The van der Waals surface area contributed by atoms with Crippen molar-refractivity contribution in [2.75, 3.05) is 7.05 Å². The molecule has 1 amide bonds. The third kappa shape index (κ3) is 2.61. The monoisotopic (exact) mass is 311 g/mol. The first-order valence-corrected chi connectivity index (χ1v) is 7.20. The molecule has 0 radical (unpaired) electrons. The molecule has 110 valence electrons. The van der Waals surface area contributed by atoms with Crippen LogP contribution >= 0.6 is 11.6 Å². The molecule has 0 spiro atoms. The van der Waals surface area contributed by atoms with Crippen molar-refractivity contribution in [2.24, 2.45) is 0 Å². The van der Waals surface area contributed by atoms with Gasteiger partial charge in [-0.15, -0.1) is 0 Å². The van der Waals surface area contributed by atoms with Gasteiger partial charge in [0, 0.05) is 24.4 Å². The molecule has 5 heteroatoms. The average molecular weight is 312 g/mol. The van der Waals surface area contributed by atoms with E-state index in [0.717, 1.165) is 16.9 Å². The highest BCUT2D eigenvalue weighted by atomic mass is 35.5. The lowest BCUT2D eigenvalue weighted by Crippen LogP contribution is -2.18. The molecule has 0 aliphatic heterocycles. The lowest BCUT2D eigenvalue weighted by atomic mass is 10.0. The number of rotatable bonds is 3. The number of nitrogens with zero attached hydrogens (tertiary/aromatic N) is 2. The van der Waals surface area contributed by atoms with Crippen molar-refractivity contribution in [2.45, 2.75) is 0 Å². The number of benzene rings is 2. The molecular weight excluding hydrogens is 298 g/mol. The maximum absolute atomic E-state index is 12.0. The molecule has 0 unspecified atom stereocenters. The fraction of sp³-hybridized carbons (Fsp3) is 0.0588.